The zero-order chi connectivity index (χ0) is 16.1. The summed E-state index contributed by atoms with van der Waals surface area (Å²) < 4.78 is 4.76. The molecule has 0 aliphatic rings. The van der Waals surface area contributed by atoms with Gasteiger partial charge in [-0.2, -0.15) is 0 Å². The number of H-pyrrole nitrogens is 1. The van der Waals surface area contributed by atoms with Crippen LogP contribution in [0.5, 0.6) is 0 Å². The van der Waals surface area contributed by atoms with E-state index in [1.807, 2.05) is 0 Å². The first-order valence-corrected chi connectivity index (χ1v) is 6.67. The Hall–Kier alpha value is -2.96. The molecule has 1 aromatic carbocycles. The van der Waals surface area contributed by atoms with Crippen molar-refractivity contribution in [1.82, 2.24) is 9.97 Å². The van der Waals surface area contributed by atoms with Crippen LogP contribution in [0.25, 0.3) is 0 Å². The molecule has 0 bridgehead atoms. The molecule has 2 N–H and O–H groups in total. The maximum atomic E-state index is 12.1. The van der Waals surface area contributed by atoms with E-state index in [-0.39, 0.29) is 12.4 Å². The van der Waals surface area contributed by atoms with E-state index < -0.39 is 23.1 Å². The number of rotatable bonds is 4. The smallest absolute Gasteiger partial charge is 0.362 e. The second-order valence-corrected chi connectivity index (χ2v) is 4.43. The number of carbonyl (C=O) groups excluding carboxylic acids is 2. The van der Waals surface area contributed by atoms with E-state index in [0.29, 0.717) is 11.3 Å². The van der Waals surface area contributed by atoms with Crippen molar-refractivity contribution in [2.24, 2.45) is 0 Å². The molecule has 1 aromatic heterocycles. The number of carbonyl (C=O) groups is 2. The van der Waals surface area contributed by atoms with Crippen LogP contribution in [0, 0.1) is 6.92 Å². The average Bonchev–Trinajstić information content (AvgIpc) is 2.51. The van der Waals surface area contributed by atoms with Gasteiger partial charge in [-0.3, -0.25) is 9.59 Å². The number of hydrogen-bond acceptors (Lipinski definition) is 5. The molecule has 1 heterocycles. The van der Waals surface area contributed by atoms with Gasteiger partial charge in [-0.15, -0.1) is 0 Å². The molecule has 1 amide bonds. The first kappa shape index (κ1) is 15.4. The summed E-state index contributed by atoms with van der Waals surface area (Å²) in [4.78, 5) is 41.9. The van der Waals surface area contributed by atoms with Crippen molar-refractivity contribution in [2.75, 3.05) is 11.9 Å². The first-order valence-electron chi connectivity index (χ1n) is 6.67. The lowest BCUT2D eigenvalue weighted by Crippen LogP contribution is -2.25. The normalized spacial score (nSPS) is 10.1. The number of nitrogens with zero attached hydrogens (tertiary/aromatic N) is 1. The number of esters is 1. The van der Waals surface area contributed by atoms with Gasteiger partial charge in [0.05, 0.1) is 12.3 Å². The molecule has 0 saturated carbocycles. The van der Waals surface area contributed by atoms with Crippen LogP contribution in [0.1, 0.15) is 33.5 Å². The maximum Gasteiger partial charge on any atom is 0.362 e. The minimum Gasteiger partial charge on any atom is -0.461 e. The Morgan fingerprint density at radius 1 is 1.27 bits per heavy atom. The number of aromatic amines is 1. The minimum absolute atomic E-state index is 0.108. The molecule has 7 heteroatoms. The van der Waals surface area contributed by atoms with Gasteiger partial charge in [0.1, 0.15) is 0 Å². The average molecular weight is 301 g/mol. The number of aromatic nitrogens is 2. The number of nitrogens with one attached hydrogen (secondary N) is 2. The summed E-state index contributed by atoms with van der Waals surface area (Å²) in [5.41, 5.74) is -0.264. The fourth-order valence-electron chi connectivity index (χ4n) is 1.76. The predicted molar refractivity (Wildman–Crippen MR) is 79.9 cm³/mol. The van der Waals surface area contributed by atoms with Gasteiger partial charge in [0.25, 0.3) is 11.5 Å². The Morgan fingerprint density at radius 2 is 1.95 bits per heavy atom. The summed E-state index contributed by atoms with van der Waals surface area (Å²) in [6.45, 7) is 3.32. The van der Waals surface area contributed by atoms with Crippen LogP contribution in [0.15, 0.2) is 35.1 Å². The van der Waals surface area contributed by atoms with E-state index in [2.05, 4.69) is 15.3 Å². The second-order valence-electron chi connectivity index (χ2n) is 4.43. The van der Waals surface area contributed by atoms with Crippen LogP contribution < -0.4 is 10.9 Å². The van der Waals surface area contributed by atoms with Gasteiger partial charge in [-0.1, -0.05) is 18.2 Å². The summed E-state index contributed by atoms with van der Waals surface area (Å²) in [6.07, 6.45) is 0. The number of anilines is 1. The third-order valence-electron chi connectivity index (χ3n) is 2.83. The van der Waals surface area contributed by atoms with Gasteiger partial charge in [-0.05, 0) is 26.0 Å². The Kier molecular flexibility index (Phi) is 4.67. The Balaban J connectivity index is 2.31. The number of aryl methyl sites for hydroxylation is 1. The molecule has 0 aliphatic heterocycles. The van der Waals surface area contributed by atoms with Gasteiger partial charge >= 0.3 is 5.97 Å². The van der Waals surface area contributed by atoms with Gasteiger partial charge in [0, 0.05) is 5.56 Å². The number of benzene rings is 1. The zero-order valence-electron chi connectivity index (χ0n) is 12.2. The molecule has 7 nitrogen and oxygen atoms in total. The van der Waals surface area contributed by atoms with E-state index in [1.165, 1.54) is 0 Å². The summed E-state index contributed by atoms with van der Waals surface area (Å²) in [7, 11) is 0. The molecule has 22 heavy (non-hydrogen) atoms. The van der Waals surface area contributed by atoms with E-state index in [4.69, 9.17) is 4.74 Å². The van der Waals surface area contributed by atoms with Crippen molar-refractivity contribution in [1.29, 1.82) is 0 Å². The lowest BCUT2D eigenvalue weighted by atomic mass is 10.2. The van der Waals surface area contributed by atoms with Gasteiger partial charge in [-0.25, -0.2) is 9.78 Å². The zero-order valence-corrected chi connectivity index (χ0v) is 12.2. The molecule has 0 unspecified atom stereocenters. The van der Waals surface area contributed by atoms with Gasteiger partial charge < -0.3 is 15.0 Å². The molecular formula is C15H15N3O4. The third kappa shape index (κ3) is 3.38. The second kappa shape index (κ2) is 6.66. The van der Waals surface area contributed by atoms with E-state index >= 15 is 0 Å². The highest BCUT2D eigenvalue weighted by Crippen LogP contribution is 2.10. The molecule has 2 rings (SSSR count). The lowest BCUT2D eigenvalue weighted by Gasteiger charge is -2.09. The van der Waals surface area contributed by atoms with Crippen molar-refractivity contribution >= 4 is 17.7 Å². The molecule has 0 saturated heterocycles. The van der Waals surface area contributed by atoms with Crippen molar-refractivity contribution < 1.29 is 14.3 Å². The first-order chi connectivity index (χ1) is 10.5. The molecule has 0 atom stereocenters. The fourth-order valence-corrected chi connectivity index (χ4v) is 1.76. The number of ether oxygens (including phenoxy) is 1. The Labute approximate surface area is 126 Å². The SMILES string of the molecule is CCOC(=O)c1nc(NC(=O)c2ccccc2)c(C)[nH]c1=O. The highest BCUT2D eigenvalue weighted by Gasteiger charge is 2.18. The van der Waals surface area contributed by atoms with Crippen molar-refractivity contribution in [3.8, 4) is 0 Å². The third-order valence-corrected chi connectivity index (χ3v) is 2.83. The van der Waals surface area contributed by atoms with Crippen LogP contribution in [-0.2, 0) is 4.74 Å². The standard InChI is InChI=1S/C15H15N3O4/c1-3-22-15(21)11-14(20)16-9(2)12(17-11)18-13(19)10-7-5-4-6-8-10/h4-8H,3H2,1-2H3,(H,16,20)(H,17,18,19). The fraction of sp³-hybridized carbons (Fsp3) is 0.200. The highest BCUT2D eigenvalue weighted by atomic mass is 16.5. The van der Waals surface area contributed by atoms with Gasteiger partial charge in [0.2, 0.25) is 5.69 Å². The Bertz CT molecular complexity index is 753. The quantitative estimate of drug-likeness (QED) is 0.833. The van der Waals surface area contributed by atoms with Crippen LogP contribution >= 0.6 is 0 Å². The summed E-state index contributed by atoms with van der Waals surface area (Å²) >= 11 is 0. The highest BCUT2D eigenvalue weighted by molar-refractivity contribution is 6.04. The summed E-state index contributed by atoms with van der Waals surface area (Å²) in [5.74, 6) is -1.12. The summed E-state index contributed by atoms with van der Waals surface area (Å²) in [5, 5.41) is 2.56. The van der Waals surface area contributed by atoms with Gasteiger partial charge in [0.15, 0.2) is 5.82 Å². The van der Waals surface area contributed by atoms with E-state index in [1.54, 1.807) is 44.2 Å². The van der Waals surface area contributed by atoms with Crippen LogP contribution in [0.3, 0.4) is 0 Å². The number of amides is 1. The predicted octanol–water partition coefficient (Wildman–Crippen LogP) is 1.51. The van der Waals surface area contributed by atoms with E-state index in [9.17, 15) is 14.4 Å². The topological polar surface area (TPSA) is 101 Å². The minimum atomic E-state index is -0.834. The van der Waals surface area contributed by atoms with Crippen LogP contribution in [0.4, 0.5) is 5.82 Å². The molecule has 0 spiro atoms. The largest absolute Gasteiger partial charge is 0.461 e. The van der Waals surface area contributed by atoms with Crippen molar-refractivity contribution in [2.45, 2.75) is 13.8 Å². The molecule has 0 fully saturated rings. The molecule has 0 radical (unpaired) electrons. The molecule has 2 aromatic rings. The van der Waals surface area contributed by atoms with Crippen LogP contribution in [0.2, 0.25) is 0 Å². The van der Waals surface area contributed by atoms with Crippen LogP contribution in [-0.4, -0.2) is 28.5 Å². The molecular weight excluding hydrogens is 286 g/mol. The maximum absolute atomic E-state index is 12.1. The monoisotopic (exact) mass is 301 g/mol. The van der Waals surface area contributed by atoms with E-state index in [0.717, 1.165) is 0 Å². The Morgan fingerprint density at radius 3 is 2.59 bits per heavy atom. The summed E-state index contributed by atoms with van der Waals surface area (Å²) in [6, 6.07) is 8.53. The van der Waals surface area contributed by atoms with Crippen molar-refractivity contribution in [3.63, 3.8) is 0 Å². The lowest BCUT2D eigenvalue weighted by molar-refractivity contribution is 0.0517. The molecule has 0 aliphatic carbocycles. The van der Waals surface area contributed by atoms with Crippen molar-refractivity contribution in [3.05, 3.63) is 57.6 Å². The molecule has 114 valence electrons. The number of hydrogen-bond donors (Lipinski definition) is 2.